The zero-order valence-electron chi connectivity index (χ0n) is 27.8. The van der Waals surface area contributed by atoms with Gasteiger partial charge in [0.25, 0.3) is 5.91 Å². The van der Waals surface area contributed by atoms with E-state index in [0.29, 0.717) is 38.2 Å². The van der Waals surface area contributed by atoms with Gasteiger partial charge in [-0.05, 0) is 67.1 Å². The third-order valence-electron chi connectivity index (χ3n) is 9.40. The number of ether oxygens (including phenoxy) is 2. The van der Waals surface area contributed by atoms with Crippen molar-refractivity contribution in [2.75, 3.05) is 54.5 Å². The predicted octanol–water partition coefficient (Wildman–Crippen LogP) is 6.30. The van der Waals surface area contributed by atoms with Gasteiger partial charge in [0, 0.05) is 66.7 Å². The van der Waals surface area contributed by atoms with Crippen LogP contribution in [0.1, 0.15) is 27.9 Å². The zero-order chi connectivity index (χ0) is 36.2. The fraction of sp³-hybridized carbons (Fsp3) is 0.263. The molecule has 0 saturated carbocycles. The van der Waals surface area contributed by atoms with E-state index in [4.69, 9.17) is 14.7 Å². The number of piperazine rings is 1. The van der Waals surface area contributed by atoms with Crippen molar-refractivity contribution in [1.82, 2.24) is 14.8 Å². The molecular weight excluding hydrogens is 678 g/mol. The monoisotopic (exact) mass is 711 g/mol. The van der Waals surface area contributed by atoms with Gasteiger partial charge in [0.05, 0.1) is 37.1 Å². The number of hydrogen-bond donors (Lipinski definition) is 1. The summed E-state index contributed by atoms with van der Waals surface area (Å²) < 4.78 is 71.8. The Morgan fingerprint density at radius 1 is 0.904 bits per heavy atom. The number of carbonyl (C=O) groups is 1. The number of nitriles is 1. The van der Waals surface area contributed by atoms with E-state index in [1.165, 1.54) is 47.7 Å². The first-order valence-electron chi connectivity index (χ1n) is 16.6. The molecule has 0 aliphatic carbocycles. The maximum atomic E-state index is 15.3. The maximum Gasteiger partial charge on any atom is 0.255 e. The summed E-state index contributed by atoms with van der Waals surface area (Å²) in [5.74, 6) is -3.18. The van der Waals surface area contributed by atoms with Gasteiger partial charge in [0.2, 0.25) is 0 Å². The molecule has 0 unspecified atom stereocenters. The highest BCUT2D eigenvalue weighted by molar-refractivity contribution is 6.04. The number of carbonyl (C=O) groups excluding carboxylic acids is 1. The average Bonchev–Trinajstić information content (AvgIpc) is 3.82. The molecule has 14 heteroatoms. The second-order valence-corrected chi connectivity index (χ2v) is 12.8. The van der Waals surface area contributed by atoms with Crippen LogP contribution in [0.2, 0.25) is 0 Å². The fourth-order valence-electron chi connectivity index (χ4n) is 6.72. The molecule has 5 aromatic rings. The summed E-state index contributed by atoms with van der Waals surface area (Å²) in [6.45, 7) is 3.10. The Bertz CT molecular complexity index is 2100. The predicted molar refractivity (Wildman–Crippen MR) is 184 cm³/mol. The normalized spacial score (nSPS) is 18.6. The Morgan fingerprint density at radius 2 is 1.65 bits per heavy atom. The van der Waals surface area contributed by atoms with Crippen molar-refractivity contribution in [3.8, 4) is 11.8 Å². The van der Waals surface area contributed by atoms with Crippen molar-refractivity contribution < 1.29 is 31.8 Å². The van der Waals surface area contributed by atoms with Crippen LogP contribution in [0, 0.1) is 40.5 Å². The smallest absolute Gasteiger partial charge is 0.255 e. The van der Waals surface area contributed by atoms with Gasteiger partial charge in [-0.2, -0.15) is 10.4 Å². The minimum absolute atomic E-state index is 0.00789. The van der Waals surface area contributed by atoms with E-state index in [0.717, 1.165) is 23.5 Å². The van der Waals surface area contributed by atoms with Crippen LogP contribution in [0.3, 0.4) is 0 Å². The van der Waals surface area contributed by atoms with Gasteiger partial charge in [-0.15, -0.1) is 0 Å². The first-order valence-corrected chi connectivity index (χ1v) is 16.6. The molecule has 2 atom stereocenters. The van der Waals surface area contributed by atoms with E-state index in [9.17, 15) is 18.0 Å². The number of hydrogen-bond acceptors (Lipinski definition) is 8. The van der Waals surface area contributed by atoms with Crippen LogP contribution in [-0.4, -0.2) is 60.1 Å². The third-order valence-corrected chi connectivity index (χ3v) is 9.40. The molecule has 266 valence electrons. The lowest BCUT2D eigenvalue weighted by molar-refractivity contribution is -0.0206. The highest BCUT2D eigenvalue weighted by atomic mass is 19.1. The average molecular weight is 712 g/mol. The molecule has 2 saturated heterocycles. The Balaban J connectivity index is 0.924. The molecule has 52 heavy (non-hydrogen) atoms. The summed E-state index contributed by atoms with van der Waals surface area (Å²) in [7, 11) is 0. The standard InChI is InChI=1S/C38H33F4N7O3/c39-28-4-8-31(32(40)16-28)38(22-49-24-44-23-45-49)18-26(21-52-38)20-51-36-10-7-30(17-34(36)42)48-13-11-47(12-14-48)29-5-2-27(3-6-29)37(50)46-35-9-1-25(19-43)15-33(35)41/h1-10,15-17,23-24,26H,11-14,18,20-22H2,(H,46,50)/t26-,38+/m1/s1. The van der Waals surface area contributed by atoms with Crippen LogP contribution >= 0.6 is 0 Å². The van der Waals surface area contributed by atoms with Crippen LogP contribution in [0.25, 0.3) is 0 Å². The van der Waals surface area contributed by atoms with Gasteiger partial charge >= 0.3 is 0 Å². The lowest BCUT2D eigenvalue weighted by atomic mass is 9.87. The topological polar surface area (TPSA) is 109 Å². The lowest BCUT2D eigenvalue weighted by Crippen LogP contribution is -2.46. The van der Waals surface area contributed by atoms with Gasteiger partial charge in [0.15, 0.2) is 11.6 Å². The number of amides is 1. The number of anilines is 3. The molecule has 3 heterocycles. The second-order valence-electron chi connectivity index (χ2n) is 12.8. The first kappa shape index (κ1) is 34.5. The molecule has 1 aromatic heterocycles. The summed E-state index contributed by atoms with van der Waals surface area (Å²) in [4.78, 5) is 20.9. The summed E-state index contributed by atoms with van der Waals surface area (Å²) in [5.41, 5.74) is 1.23. The van der Waals surface area contributed by atoms with Crippen LogP contribution < -0.4 is 19.9 Å². The maximum absolute atomic E-state index is 15.3. The van der Waals surface area contributed by atoms with E-state index >= 15 is 4.39 Å². The van der Waals surface area contributed by atoms with E-state index in [-0.39, 0.29) is 48.2 Å². The Hall–Kier alpha value is -5.94. The SMILES string of the molecule is N#Cc1ccc(NC(=O)c2ccc(N3CCN(c4ccc(OC[C@@H]5CO[C@@](Cn6cncn6)(c6ccc(F)cc6F)C5)c(F)c4)CC3)cc2)c(F)c1. The van der Waals surface area contributed by atoms with Crippen molar-refractivity contribution in [2.45, 2.75) is 18.6 Å². The minimum Gasteiger partial charge on any atom is -0.490 e. The summed E-state index contributed by atoms with van der Waals surface area (Å²) in [6, 6.07) is 21.0. The summed E-state index contributed by atoms with van der Waals surface area (Å²) in [6.07, 6.45) is 3.21. The van der Waals surface area contributed by atoms with Crippen LogP contribution in [-0.2, 0) is 16.9 Å². The van der Waals surface area contributed by atoms with Gasteiger partial charge in [0.1, 0.15) is 35.7 Å². The Labute approximate surface area is 296 Å². The molecule has 2 aliphatic rings. The van der Waals surface area contributed by atoms with Gasteiger partial charge in [-0.25, -0.2) is 27.2 Å². The first-order chi connectivity index (χ1) is 25.2. The number of rotatable bonds is 10. The number of halogens is 4. The van der Waals surface area contributed by atoms with Crippen molar-refractivity contribution in [3.63, 3.8) is 0 Å². The van der Waals surface area contributed by atoms with Crippen LogP contribution in [0.5, 0.6) is 5.75 Å². The molecule has 0 spiro atoms. The summed E-state index contributed by atoms with van der Waals surface area (Å²) in [5, 5.41) is 15.6. The molecule has 2 aliphatic heterocycles. The molecule has 0 bridgehead atoms. The Kier molecular flexibility index (Phi) is 9.78. The van der Waals surface area contributed by atoms with Crippen molar-refractivity contribution in [2.24, 2.45) is 5.92 Å². The van der Waals surface area contributed by atoms with Gasteiger partial charge in [-0.1, -0.05) is 6.07 Å². The van der Waals surface area contributed by atoms with E-state index in [2.05, 4.69) is 25.2 Å². The minimum atomic E-state index is -1.13. The molecule has 7 rings (SSSR count). The summed E-state index contributed by atoms with van der Waals surface area (Å²) >= 11 is 0. The molecule has 2 fully saturated rings. The Morgan fingerprint density at radius 3 is 2.33 bits per heavy atom. The number of nitrogens with one attached hydrogen (secondary N) is 1. The molecule has 10 nitrogen and oxygen atoms in total. The number of aromatic nitrogens is 3. The van der Waals surface area contributed by atoms with Crippen molar-refractivity contribution in [1.29, 1.82) is 5.26 Å². The molecule has 0 radical (unpaired) electrons. The number of benzene rings is 4. The third kappa shape index (κ3) is 7.40. The largest absolute Gasteiger partial charge is 0.490 e. The highest BCUT2D eigenvalue weighted by Gasteiger charge is 2.44. The molecular formula is C38H33F4N7O3. The quantitative estimate of drug-likeness (QED) is 0.168. The second kappa shape index (κ2) is 14.7. The molecule has 1 N–H and O–H groups in total. The van der Waals surface area contributed by atoms with E-state index < -0.39 is 34.8 Å². The van der Waals surface area contributed by atoms with Crippen molar-refractivity contribution in [3.05, 3.63) is 131 Å². The number of nitrogens with zero attached hydrogens (tertiary/aromatic N) is 6. The van der Waals surface area contributed by atoms with Crippen molar-refractivity contribution >= 4 is 23.0 Å². The fourth-order valence-corrected chi connectivity index (χ4v) is 6.72. The van der Waals surface area contributed by atoms with Crippen LogP contribution in [0.15, 0.2) is 91.5 Å². The molecule has 1 amide bonds. The van der Waals surface area contributed by atoms with Gasteiger partial charge < -0.3 is 24.6 Å². The lowest BCUT2D eigenvalue weighted by Gasteiger charge is -2.37. The van der Waals surface area contributed by atoms with Crippen LogP contribution in [0.4, 0.5) is 34.6 Å². The highest BCUT2D eigenvalue weighted by Crippen LogP contribution is 2.42. The van der Waals surface area contributed by atoms with E-state index in [1.807, 2.05) is 24.3 Å². The molecule has 4 aromatic carbocycles. The van der Waals surface area contributed by atoms with Gasteiger partial charge in [-0.3, -0.25) is 4.79 Å². The zero-order valence-corrected chi connectivity index (χ0v) is 27.8. The van der Waals surface area contributed by atoms with E-state index in [1.54, 1.807) is 18.2 Å².